The minimum absolute atomic E-state index is 0.317. The fourth-order valence-corrected chi connectivity index (χ4v) is 3.11. The van der Waals surface area contributed by atoms with Crippen molar-refractivity contribution in [1.29, 1.82) is 0 Å². The van der Waals surface area contributed by atoms with E-state index in [-0.39, 0.29) is 11.8 Å². The van der Waals surface area contributed by atoms with Crippen molar-refractivity contribution >= 4 is 16.8 Å². The van der Waals surface area contributed by atoms with Crippen LogP contribution in [0, 0.1) is 0 Å². The number of nitrogens with zero attached hydrogens (tertiary/aromatic N) is 1. The summed E-state index contributed by atoms with van der Waals surface area (Å²) < 4.78 is 0. The Morgan fingerprint density at radius 1 is 1.08 bits per heavy atom. The molecule has 2 N–H and O–H groups in total. The van der Waals surface area contributed by atoms with Crippen LogP contribution in [0.1, 0.15) is 48.8 Å². The highest BCUT2D eigenvalue weighted by Gasteiger charge is 2.19. The van der Waals surface area contributed by atoms with E-state index in [4.69, 9.17) is 5.73 Å². The van der Waals surface area contributed by atoms with Gasteiger partial charge in [0.15, 0.2) is 0 Å². The number of hydrogen-bond acceptors (Lipinski definition) is 2. The molecule has 3 aromatic rings. The maximum Gasteiger partial charge on any atom is 0.225 e. The Hall–Kier alpha value is -2.68. The molecule has 1 aromatic heterocycles. The topological polar surface area (TPSA) is 56.0 Å². The Balaban J connectivity index is 1.86. The number of amides is 1. The average Bonchev–Trinajstić information content (AvgIpc) is 2.65. The molecule has 0 aliphatic rings. The van der Waals surface area contributed by atoms with Crippen LogP contribution in [-0.2, 0) is 11.2 Å². The summed E-state index contributed by atoms with van der Waals surface area (Å²) in [5, 5.41) is 1.03. The van der Waals surface area contributed by atoms with Crippen molar-refractivity contribution in [3.05, 3.63) is 77.5 Å². The lowest BCUT2D eigenvalue weighted by Gasteiger charge is -2.15. The van der Waals surface area contributed by atoms with Crippen molar-refractivity contribution in [2.75, 3.05) is 0 Å². The van der Waals surface area contributed by atoms with Gasteiger partial charge in [-0.2, -0.15) is 0 Å². The Kier molecular flexibility index (Phi) is 5.13. The lowest BCUT2D eigenvalue weighted by Crippen LogP contribution is -2.23. The number of fused-ring (bicyclic) bond motifs is 1. The number of hydrogen-bond donors (Lipinski definition) is 1. The number of carbonyl (C=O) groups excluding carboxylic acids is 1. The fourth-order valence-electron chi connectivity index (χ4n) is 3.11. The van der Waals surface area contributed by atoms with Gasteiger partial charge in [-0.1, -0.05) is 56.3 Å². The number of para-hydroxylation sites is 1. The standard InChI is InChI=1S/C22H24N2O/c1-3-15(2)17-10-8-16(9-11-17)12-20(22(23)25)19-13-18-6-4-5-7-21(18)24-14-19/h4-11,13-15,20H,3,12H2,1-2H3,(H2,23,25). The molecule has 2 aromatic carbocycles. The van der Waals surface area contributed by atoms with Gasteiger partial charge in [0, 0.05) is 11.6 Å². The number of carbonyl (C=O) groups is 1. The second-order valence-corrected chi connectivity index (χ2v) is 6.67. The summed E-state index contributed by atoms with van der Waals surface area (Å²) in [5.74, 6) is -0.139. The zero-order valence-corrected chi connectivity index (χ0v) is 14.8. The summed E-state index contributed by atoms with van der Waals surface area (Å²) in [6.45, 7) is 4.41. The molecule has 0 aliphatic heterocycles. The van der Waals surface area contributed by atoms with Gasteiger partial charge in [0.25, 0.3) is 0 Å². The first-order valence-electron chi connectivity index (χ1n) is 8.81. The average molecular weight is 332 g/mol. The SMILES string of the molecule is CCC(C)c1ccc(CC(C(N)=O)c2cnc3ccccc3c2)cc1. The maximum atomic E-state index is 12.1. The quantitative estimate of drug-likeness (QED) is 0.719. The molecule has 0 aliphatic carbocycles. The molecule has 0 saturated heterocycles. The highest BCUT2D eigenvalue weighted by atomic mass is 16.1. The van der Waals surface area contributed by atoms with Crippen molar-refractivity contribution in [2.45, 2.75) is 38.5 Å². The molecule has 3 rings (SSSR count). The van der Waals surface area contributed by atoms with Crippen LogP contribution in [-0.4, -0.2) is 10.9 Å². The molecule has 1 heterocycles. The van der Waals surface area contributed by atoms with Gasteiger partial charge in [0.1, 0.15) is 0 Å². The third-order valence-electron chi connectivity index (χ3n) is 4.96. The second kappa shape index (κ2) is 7.47. The molecule has 1 amide bonds. The van der Waals surface area contributed by atoms with Gasteiger partial charge in [0.2, 0.25) is 5.91 Å². The Morgan fingerprint density at radius 2 is 1.80 bits per heavy atom. The Morgan fingerprint density at radius 3 is 2.48 bits per heavy atom. The van der Waals surface area contributed by atoms with Gasteiger partial charge in [-0.15, -0.1) is 0 Å². The van der Waals surface area contributed by atoms with Crippen molar-refractivity contribution in [1.82, 2.24) is 4.98 Å². The molecular formula is C22H24N2O. The van der Waals surface area contributed by atoms with E-state index < -0.39 is 0 Å². The van der Waals surface area contributed by atoms with Crippen LogP contribution in [0.25, 0.3) is 10.9 Å². The fraction of sp³-hybridized carbons (Fsp3) is 0.273. The largest absolute Gasteiger partial charge is 0.369 e. The zero-order valence-electron chi connectivity index (χ0n) is 14.8. The van der Waals surface area contributed by atoms with E-state index in [9.17, 15) is 4.79 Å². The number of nitrogens with two attached hydrogens (primary N) is 1. The van der Waals surface area contributed by atoms with Crippen LogP contribution in [0.5, 0.6) is 0 Å². The first-order chi connectivity index (χ1) is 12.1. The van der Waals surface area contributed by atoms with Crippen LogP contribution >= 0.6 is 0 Å². The van der Waals surface area contributed by atoms with E-state index in [0.29, 0.717) is 12.3 Å². The van der Waals surface area contributed by atoms with Gasteiger partial charge in [-0.05, 0) is 47.6 Å². The van der Waals surface area contributed by atoms with Gasteiger partial charge < -0.3 is 5.73 Å². The van der Waals surface area contributed by atoms with Gasteiger partial charge in [-0.25, -0.2) is 0 Å². The molecular weight excluding hydrogens is 308 g/mol. The Labute approximate surface area is 148 Å². The van der Waals surface area contributed by atoms with E-state index in [2.05, 4.69) is 43.1 Å². The first-order valence-corrected chi connectivity index (χ1v) is 8.81. The third kappa shape index (κ3) is 3.87. The second-order valence-electron chi connectivity index (χ2n) is 6.67. The molecule has 25 heavy (non-hydrogen) atoms. The summed E-state index contributed by atoms with van der Waals surface area (Å²) in [6.07, 6.45) is 3.48. The monoisotopic (exact) mass is 332 g/mol. The molecule has 0 spiro atoms. The van der Waals surface area contributed by atoms with E-state index in [1.165, 1.54) is 5.56 Å². The predicted octanol–water partition coefficient (Wildman–Crippen LogP) is 4.56. The van der Waals surface area contributed by atoms with Crippen molar-refractivity contribution in [2.24, 2.45) is 5.73 Å². The van der Waals surface area contributed by atoms with Gasteiger partial charge in [0.05, 0.1) is 11.4 Å². The number of aromatic nitrogens is 1. The lowest BCUT2D eigenvalue weighted by molar-refractivity contribution is -0.119. The molecule has 128 valence electrons. The first kappa shape index (κ1) is 17.2. The lowest BCUT2D eigenvalue weighted by atomic mass is 9.90. The summed E-state index contributed by atoms with van der Waals surface area (Å²) in [5.41, 5.74) is 9.93. The van der Waals surface area contributed by atoms with Crippen molar-refractivity contribution < 1.29 is 4.79 Å². The molecule has 0 radical (unpaired) electrons. The molecule has 2 unspecified atom stereocenters. The summed E-state index contributed by atoms with van der Waals surface area (Å²) >= 11 is 0. The Bertz CT molecular complexity index is 871. The third-order valence-corrected chi connectivity index (χ3v) is 4.96. The van der Waals surface area contributed by atoms with Crippen LogP contribution in [0.4, 0.5) is 0 Å². The van der Waals surface area contributed by atoms with Crippen molar-refractivity contribution in [3.8, 4) is 0 Å². The van der Waals surface area contributed by atoms with E-state index in [1.807, 2.05) is 30.3 Å². The smallest absolute Gasteiger partial charge is 0.225 e. The predicted molar refractivity (Wildman–Crippen MR) is 103 cm³/mol. The van der Waals surface area contributed by atoms with E-state index >= 15 is 0 Å². The summed E-state index contributed by atoms with van der Waals surface area (Å²) in [6, 6.07) is 18.4. The minimum atomic E-state index is -0.369. The van der Waals surface area contributed by atoms with Crippen LogP contribution in [0.3, 0.4) is 0 Å². The number of pyridine rings is 1. The van der Waals surface area contributed by atoms with Crippen molar-refractivity contribution in [3.63, 3.8) is 0 Å². The van der Waals surface area contributed by atoms with Crippen LogP contribution in [0.15, 0.2) is 60.8 Å². The molecule has 0 fully saturated rings. The number of primary amides is 1. The molecule has 2 atom stereocenters. The zero-order chi connectivity index (χ0) is 17.8. The summed E-state index contributed by atoms with van der Waals surface area (Å²) in [7, 11) is 0. The molecule has 0 bridgehead atoms. The molecule has 3 nitrogen and oxygen atoms in total. The highest BCUT2D eigenvalue weighted by Crippen LogP contribution is 2.25. The van der Waals surface area contributed by atoms with E-state index in [1.54, 1.807) is 6.20 Å². The minimum Gasteiger partial charge on any atom is -0.369 e. The van der Waals surface area contributed by atoms with Crippen LogP contribution < -0.4 is 5.73 Å². The highest BCUT2D eigenvalue weighted by molar-refractivity contribution is 5.85. The van der Waals surface area contributed by atoms with Gasteiger partial charge >= 0.3 is 0 Å². The number of rotatable bonds is 6. The van der Waals surface area contributed by atoms with E-state index in [0.717, 1.165) is 28.5 Å². The van der Waals surface area contributed by atoms with Gasteiger partial charge in [-0.3, -0.25) is 9.78 Å². The molecule has 0 saturated carbocycles. The van der Waals surface area contributed by atoms with Crippen LogP contribution in [0.2, 0.25) is 0 Å². The maximum absolute atomic E-state index is 12.1. The normalized spacial score (nSPS) is 13.5. The number of benzene rings is 2. The summed E-state index contributed by atoms with van der Waals surface area (Å²) in [4.78, 5) is 16.5. The molecule has 3 heteroatoms.